The van der Waals surface area contributed by atoms with Crippen LogP contribution in [0.25, 0.3) is 11.1 Å². The predicted octanol–water partition coefficient (Wildman–Crippen LogP) is 3.34. The number of benzene rings is 1. The maximum Gasteiger partial charge on any atom is 0.419 e. The Hall–Kier alpha value is -2.39. The number of nitrogen functional groups attached to an aromatic ring is 1. The highest BCUT2D eigenvalue weighted by molar-refractivity contribution is 5.82. The third-order valence-electron chi connectivity index (χ3n) is 4.48. The van der Waals surface area contributed by atoms with E-state index in [1.807, 2.05) is 0 Å². The second kappa shape index (κ2) is 7.32. The predicted molar refractivity (Wildman–Crippen MR) is 92.3 cm³/mol. The van der Waals surface area contributed by atoms with E-state index in [0.717, 1.165) is 31.0 Å². The van der Waals surface area contributed by atoms with Gasteiger partial charge in [0.05, 0.1) is 29.2 Å². The molecule has 2 aromatic rings. The van der Waals surface area contributed by atoms with Crippen molar-refractivity contribution in [1.82, 2.24) is 4.98 Å². The van der Waals surface area contributed by atoms with Crippen LogP contribution >= 0.6 is 0 Å². The van der Waals surface area contributed by atoms with Gasteiger partial charge in [0.1, 0.15) is 6.10 Å². The van der Waals surface area contributed by atoms with Gasteiger partial charge in [0.2, 0.25) is 5.95 Å². The lowest BCUT2D eigenvalue weighted by atomic mass is 9.97. The first-order valence-electron chi connectivity index (χ1n) is 8.41. The minimum atomic E-state index is -4.80. The largest absolute Gasteiger partial charge is 0.419 e. The fourth-order valence-electron chi connectivity index (χ4n) is 2.81. The van der Waals surface area contributed by atoms with Crippen LogP contribution in [-0.4, -0.2) is 28.3 Å². The molecule has 9 heteroatoms. The highest BCUT2D eigenvalue weighted by atomic mass is 19.4. The molecule has 1 saturated carbocycles. The Labute approximate surface area is 152 Å². The Morgan fingerprint density at radius 3 is 2.41 bits per heavy atom. The molecule has 5 N–H and O–H groups in total. The molecule has 1 aromatic carbocycles. The molecule has 146 valence electrons. The molecule has 1 heterocycles. The monoisotopic (exact) mass is 385 g/mol. The molecule has 3 rings (SSSR count). The van der Waals surface area contributed by atoms with Gasteiger partial charge in [-0.15, -0.1) is 0 Å². The van der Waals surface area contributed by atoms with E-state index >= 15 is 0 Å². The van der Waals surface area contributed by atoms with Crippen LogP contribution in [0.1, 0.15) is 30.2 Å². The normalized spacial score (nSPS) is 15.6. The molecule has 0 amide bonds. The van der Waals surface area contributed by atoms with Gasteiger partial charge < -0.3 is 21.3 Å². The van der Waals surface area contributed by atoms with Gasteiger partial charge in [-0.1, -0.05) is 6.07 Å². The number of nitrogens with two attached hydrogens (primary N) is 1. The van der Waals surface area contributed by atoms with Crippen molar-refractivity contribution >= 4 is 11.4 Å². The first-order valence-corrected chi connectivity index (χ1v) is 8.41. The molecular formula is C18H19F4N3O2. The van der Waals surface area contributed by atoms with E-state index < -0.39 is 47.2 Å². The van der Waals surface area contributed by atoms with Crippen molar-refractivity contribution in [2.75, 3.05) is 24.2 Å². The molecule has 0 bridgehead atoms. The molecule has 5 nitrogen and oxygen atoms in total. The highest BCUT2D eigenvalue weighted by Gasteiger charge is 2.38. The van der Waals surface area contributed by atoms with E-state index in [-0.39, 0.29) is 11.4 Å². The van der Waals surface area contributed by atoms with E-state index in [2.05, 4.69) is 10.3 Å². The molecule has 1 aromatic heterocycles. The fraction of sp³-hybridized carbons (Fsp3) is 0.389. The van der Waals surface area contributed by atoms with Crippen LogP contribution in [0.5, 0.6) is 0 Å². The third-order valence-corrected chi connectivity index (χ3v) is 4.48. The highest BCUT2D eigenvalue weighted by Crippen LogP contribution is 2.44. The number of hydrogen-bond donors (Lipinski definition) is 4. The number of nitrogens with zero attached hydrogens (tertiary/aromatic N) is 1. The Kier molecular flexibility index (Phi) is 5.25. The topological polar surface area (TPSA) is 91.4 Å². The molecule has 1 atom stereocenters. The number of pyridine rings is 1. The van der Waals surface area contributed by atoms with Crippen molar-refractivity contribution in [2.45, 2.75) is 25.1 Å². The molecule has 1 aliphatic carbocycles. The average Bonchev–Trinajstić information content (AvgIpc) is 3.43. The number of rotatable bonds is 6. The van der Waals surface area contributed by atoms with Gasteiger partial charge in [0.25, 0.3) is 0 Å². The Morgan fingerprint density at radius 1 is 1.19 bits per heavy atom. The number of nitrogens with one attached hydrogen (secondary N) is 1. The summed E-state index contributed by atoms with van der Waals surface area (Å²) in [6, 6.07) is 4.78. The summed E-state index contributed by atoms with van der Waals surface area (Å²) in [5.41, 5.74) is 3.27. The van der Waals surface area contributed by atoms with Crippen molar-refractivity contribution in [3.05, 3.63) is 41.5 Å². The first kappa shape index (κ1) is 19.4. The van der Waals surface area contributed by atoms with Crippen LogP contribution in [0.2, 0.25) is 0 Å². The molecule has 0 saturated heterocycles. The average molecular weight is 385 g/mol. The number of halogens is 4. The maximum absolute atomic E-state index is 14.4. The van der Waals surface area contributed by atoms with Crippen LogP contribution in [0, 0.1) is 11.9 Å². The number of hydrogen-bond acceptors (Lipinski definition) is 5. The third kappa shape index (κ3) is 4.14. The second-order valence-corrected chi connectivity index (χ2v) is 6.54. The van der Waals surface area contributed by atoms with E-state index in [9.17, 15) is 22.7 Å². The minimum absolute atomic E-state index is 0.152. The van der Waals surface area contributed by atoms with Crippen LogP contribution in [0.4, 0.5) is 28.9 Å². The minimum Gasteiger partial charge on any atom is -0.397 e. The molecule has 0 aliphatic heterocycles. The zero-order valence-corrected chi connectivity index (χ0v) is 14.2. The van der Waals surface area contributed by atoms with Crippen molar-refractivity contribution in [2.24, 2.45) is 5.92 Å². The molecule has 1 aliphatic rings. The number of aliphatic hydroxyl groups is 2. The quantitative estimate of drug-likeness (QED) is 0.348. The zero-order valence-electron chi connectivity index (χ0n) is 14.2. The van der Waals surface area contributed by atoms with Gasteiger partial charge >= 0.3 is 6.18 Å². The summed E-state index contributed by atoms with van der Waals surface area (Å²) in [6.07, 6.45) is -4.17. The second-order valence-electron chi connectivity index (χ2n) is 6.54. The van der Waals surface area contributed by atoms with E-state index in [1.165, 1.54) is 6.07 Å². The van der Waals surface area contributed by atoms with Crippen molar-refractivity contribution in [1.29, 1.82) is 0 Å². The molecular weight excluding hydrogens is 366 g/mol. The number of anilines is 2. The first-order chi connectivity index (χ1) is 12.7. The summed E-state index contributed by atoms with van der Waals surface area (Å²) >= 11 is 0. The molecule has 1 unspecified atom stereocenters. The molecule has 0 radical (unpaired) electrons. The molecule has 1 fully saturated rings. The van der Waals surface area contributed by atoms with Gasteiger partial charge in [-0.3, -0.25) is 0 Å². The summed E-state index contributed by atoms with van der Waals surface area (Å²) in [7, 11) is 0. The lowest BCUT2D eigenvalue weighted by molar-refractivity contribution is -0.136. The van der Waals surface area contributed by atoms with Crippen molar-refractivity contribution < 1.29 is 27.8 Å². The SMILES string of the molecule is Nc1c(NCC2CC2)ccc(-c2ccc(C(O)CO)nc2F)c1C(F)(F)F. The fourth-order valence-corrected chi connectivity index (χ4v) is 2.81. The Morgan fingerprint density at radius 2 is 1.85 bits per heavy atom. The van der Waals surface area contributed by atoms with Gasteiger partial charge in [0, 0.05) is 17.7 Å². The van der Waals surface area contributed by atoms with Crippen LogP contribution in [0.15, 0.2) is 24.3 Å². The number of aromatic nitrogens is 1. The molecule has 0 spiro atoms. The van der Waals surface area contributed by atoms with Crippen LogP contribution in [-0.2, 0) is 6.18 Å². The van der Waals surface area contributed by atoms with Gasteiger partial charge in [-0.2, -0.15) is 17.6 Å². The van der Waals surface area contributed by atoms with E-state index in [0.29, 0.717) is 12.5 Å². The van der Waals surface area contributed by atoms with E-state index in [1.54, 1.807) is 0 Å². The summed E-state index contributed by atoms with van der Waals surface area (Å²) in [5, 5.41) is 21.3. The van der Waals surface area contributed by atoms with Gasteiger partial charge in [-0.25, -0.2) is 4.98 Å². The van der Waals surface area contributed by atoms with Gasteiger partial charge in [-0.05, 0) is 37.0 Å². The lowest BCUT2D eigenvalue weighted by Crippen LogP contribution is -2.15. The van der Waals surface area contributed by atoms with E-state index in [4.69, 9.17) is 10.8 Å². The Balaban J connectivity index is 2.05. The summed E-state index contributed by atoms with van der Waals surface area (Å²) in [5.74, 6) is -0.755. The summed E-state index contributed by atoms with van der Waals surface area (Å²) in [4.78, 5) is 3.46. The maximum atomic E-state index is 14.4. The zero-order chi connectivity index (χ0) is 19.8. The summed E-state index contributed by atoms with van der Waals surface area (Å²) < 4.78 is 55.3. The van der Waals surface area contributed by atoms with Gasteiger partial charge in [0.15, 0.2) is 0 Å². The van der Waals surface area contributed by atoms with Crippen LogP contribution in [0.3, 0.4) is 0 Å². The summed E-state index contributed by atoms with van der Waals surface area (Å²) in [6.45, 7) is -0.154. The lowest BCUT2D eigenvalue weighted by Gasteiger charge is -2.19. The number of aliphatic hydroxyl groups excluding tert-OH is 2. The van der Waals surface area contributed by atoms with Crippen molar-refractivity contribution in [3.63, 3.8) is 0 Å². The Bertz CT molecular complexity index is 838. The molecule has 27 heavy (non-hydrogen) atoms. The van der Waals surface area contributed by atoms with Crippen LogP contribution < -0.4 is 11.1 Å². The number of alkyl halides is 3. The standard InChI is InChI=1S/C18H19F4N3O2/c19-17-11(4-5-12(25-17)14(27)8-26)10-3-6-13(24-7-9-1-2-9)16(23)15(10)18(20,21)22/h3-6,9,14,24,26-27H,1-2,7-8,23H2. The van der Waals surface area contributed by atoms with Crippen molar-refractivity contribution in [3.8, 4) is 11.1 Å². The smallest absolute Gasteiger partial charge is 0.397 e.